The number of piperazine rings is 1. The molecule has 3 aliphatic rings. The molecule has 3 aliphatic heterocycles. The smallest absolute Gasteiger partial charge is 0.293 e. The Morgan fingerprint density at radius 1 is 0.947 bits per heavy atom. The van der Waals surface area contributed by atoms with Crippen LogP contribution >= 0.6 is 11.6 Å². The monoisotopic (exact) mass is 535 g/mol. The Morgan fingerprint density at radius 3 is 2.39 bits per heavy atom. The third-order valence-corrected chi connectivity index (χ3v) is 7.53. The Bertz CT molecular complexity index is 1280. The highest BCUT2D eigenvalue weighted by atomic mass is 35.5. The van der Waals surface area contributed by atoms with Crippen LogP contribution in [-0.2, 0) is 20.1 Å². The standard InChI is InChI=1S/C29H30ClN3O5/c1-35-23-12-8-22(9-13-23)32-16-14-31(15-17-32)20-33-27-5-3-2-4-26(27)29(28(33)34)37-19-25(38-29)18-36-24-10-6-21(30)7-11-24/h2-13,25H,14-20H2,1H3/t25-,29+/m0/s1. The van der Waals surface area contributed by atoms with Crippen molar-refractivity contribution < 1.29 is 23.7 Å². The first kappa shape index (κ1) is 25.0. The SMILES string of the molecule is COc1ccc(N2CCN(CN3C(=O)[C@@]4(OC[C@H](COc5ccc(Cl)cc5)O4)c4ccccc43)CC2)cc1. The van der Waals surface area contributed by atoms with E-state index in [1.54, 1.807) is 36.3 Å². The molecule has 2 fully saturated rings. The van der Waals surface area contributed by atoms with E-state index < -0.39 is 5.79 Å². The van der Waals surface area contributed by atoms with E-state index in [1.165, 1.54) is 5.69 Å². The van der Waals surface area contributed by atoms with E-state index >= 15 is 0 Å². The molecule has 0 aliphatic carbocycles. The molecule has 38 heavy (non-hydrogen) atoms. The van der Waals surface area contributed by atoms with Crippen LogP contribution in [-0.4, -0.2) is 70.1 Å². The van der Waals surface area contributed by atoms with Gasteiger partial charge in [0.05, 0.1) is 26.1 Å². The Morgan fingerprint density at radius 2 is 1.66 bits per heavy atom. The molecule has 0 bridgehead atoms. The van der Waals surface area contributed by atoms with E-state index in [4.69, 9.17) is 30.5 Å². The van der Waals surface area contributed by atoms with Crippen LogP contribution in [0.4, 0.5) is 11.4 Å². The van der Waals surface area contributed by atoms with Crippen LogP contribution in [0, 0.1) is 0 Å². The molecule has 3 aromatic carbocycles. The number of para-hydroxylation sites is 1. The number of hydrogen-bond donors (Lipinski definition) is 0. The molecule has 9 heteroatoms. The second kappa shape index (κ2) is 10.5. The van der Waals surface area contributed by atoms with Crippen LogP contribution in [0.5, 0.6) is 11.5 Å². The summed E-state index contributed by atoms with van der Waals surface area (Å²) in [4.78, 5) is 20.3. The highest BCUT2D eigenvalue weighted by Gasteiger charge is 2.58. The molecular formula is C29H30ClN3O5. The zero-order valence-corrected chi connectivity index (χ0v) is 22.0. The van der Waals surface area contributed by atoms with Gasteiger partial charge in [0, 0.05) is 42.5 Å². The number of anilines is 2. The van der Waals surface area contributed by atoms with Crippen molar-refractivity contribution in [2.75, 3.05) is 63.0 Å². The predicted octanol–water partition coefficient (Wildman–Crippen LogP) is 4.12. The van der Waals surface area contributed by atoms with E-state index in [-0.39, 0.29) is 25.2 Å². The molecule has 198 valence electrons. The lowest BCUT2D eigenvalue weighted by atomic mass is 10.1. The van der Waals surface area contributed by atoms with Crippen LogP contribution < -0.4 is 19.3 Å². The van der Waals surface area contributed by atoms with Crippen LogP contribution in [0.2, 0.25) is 5.02 Å². The minimum atomic E-state index is -1.43. The number of amides is 1. The predicted molar refractivity (Wildman–Crippen MR) is 145 cm³/mol. The fraction of sp³-hybridized carbons (Fsp3) is 0.345. The van der Waals surface area contributed by atoms with Crippen molar-refractivity contribution in [3.63, 3.8) is 0 Å². The molecule has 1 spiro atoms. The van der Waals surface area contributed by atoms with E-state index in [0.717, 1.165) is 43.2 Å². The van der Waals surface area contributed by atoms with Crippen molar-refractivity contribution in [3.05, 3.63) is 83.4 Å². The number of fused-ring (bicyclic) bond motifs is 2. The average molecular weight is 536 g/mol. The summed E-state index contributed by atoms with van der Waals surface area (Å²) in [5, 5.41) is 0.646. The van der Waals surface area contributed by atoms with Crippen molar-refractivity contribution in [2.45, 2.75) is 11.9 Å². The average Bonchev–Trinajstić information content (AvgIpc) is 3.49. The first-order valence-corrected chi connectivity index (χ1v) is 13.2. The Kier molecular flexibility index (Phi) is 6.88. The molecule has 0 radical (unpaired) electrons. The number of benzene rings is 3. The highest BCUT2D eigenvalue weighted by molar-refractivity contribution is 6.30. The van der Waals surface area contributed by atoms with Crippen molar-refractivity contribution >= 4 is 28.9 Å². The number of carbonyl (C=O) groups is 1. The van der Waals surface area contributed by atoms with Gasteiger partial charge in [0.15, 0.2) is 0 Å². The van der Waals surface area contributed by atoms with Gasteiger partial charge in [-0.05, 0) is 54.6 Å². The molecule has 1 amide bonds. The van der Waals surface area contributed by atoms with Crippen molar-refractivity contribution in [1.29, 1.82) is 0 Å². The molecular weight excluding hydrogens is 506 g/mol. The molecule has 2 saturated heterocycles. The number of hydrogen-bond acceptors (Lipinski definition) is 7. The first-order chi connectivity index (χ1) is 18.6. The minimum Gasteiger partial charge on any atom is -0.497 e. The second-order valence-electron chi connectivity index (χ2n) is 9.63. The molecule has 3 aromatic rings. The van der Waals surface area contributed by atoms with Gasteiger partial charge in [-0.25, -0.2) is 0 Å². The number of rotatable bonds is 7. The summed E-state index contributed by atoms with van der Waals surface area (Å²) in [5.74, 6) is -0.0874. The van der Waals surface area contributed by atoms with Gasteiger partial charge in [-0.1, -0.05) is 29.8 Å². The lowest BCUT2D eigenvalue weighted by molar-refractivity contribution is -0.187. The van der Waals surface area contributed by atoms with E-state index in [2.05, 4.69) is 21.9 Å². The summed E-state index contributed by atoms with van der Waals surface area (Å²) in [6, 6.07) is 23.0. The fourth-order valence-corrected chi connectivity index (χ4v) is 5.37. The summed E-state index contributed by atoms with van der Waals surface area (Å²) in [6.45, 7) is 4.44. The highest BCUT2D eigenvalue weighted by Crippen LogP contribution is 2.47. The minimum absolute atomic E-state index is 0.190. The molecule has 0 N–H and O–H groups in total. The van der Waals surface area contributed by atoms with Crippen LogP contribution in [0.15, 0.2) is 72.8 Å². The van der Waals surface area contributed by atoms with Crippen molar-refractivity contribution in [2.24, 2.45) is 0 Å². The van der Waals surface area contributed by atoms with Gasteiger partial charge >= 0.3 is 0 Å². The van der Waals surface area contributed by atoms with Crippen LogP contribution in [0.1, 0.15) is 5.56 Å². The zero-order chi connectivity index (χ0) is 26.1. The van der Waals surface area contributed by atoms with Gasteiger partial charge in [0.1, 0.15) is 24.2 Å². The summed E-state index contributed by atoms with van der Waals surface area (Å²) in [7, 11) is 1.67. The normalized spacial score (nSPS) is 23.2. The Labute approximate surface area is 227 Å². The maximum absolute atomic E-state index is 13.8. The number of carbonyl (C=O) groups excluding carboxylic acids is 1. The van der Waals surface area contributed by atoms with Gasteiger partial charge < -0.3 is 23.8 Å². The van der Waals surface area contributed by atoms with Crippen molar-refractivity contribution in [3.8, 4) is 11.5 Å². The third kappa shape index (κ3) is 4.69. The summed E-state index contributed by atoms with van der Waals surface area (Å²) in [5.41, 5.74) is 2.75. The summed E-state index contributed by atoms with van der Waals surface area (Å²) in [6.07, 6.45) is -0.379. The molecule has 0 saturated carbocycles. The van der Waals surface area contributed by atoms with Gasteiger partial charge in [0.25, 0.3) is 11.7 Å². The van der Waals surface area contributed by atoms with Crippen molar-refractivity contribution in [1.82, 2.24) is 4.90 Å². The van der Waals surface area contributed by atoms with E-state index in [1.807, 2.05) is 36.4 Å². The van der Waals surface area contributed by atoms with E-state index in [9.17, 15) is 4.79 Å². The third-order valence-electron chi connectivity index (χ3n) is 7.28. The summed E-state index contributed by atoms with van der Waals surface area (Å²) < 4.78 is 23.6. The Hall–Kier alpha value is -3.30. The zero-order valence-electron chi connectivity index (χ0n) is 21.2. The van der Waals surface area contributed by atoms with Gasteiger partial charge in [0.2, 0.25) is 0 Å². The molecule has 8 nitrogen and oxygen atoms in total. The molecule has 6 rings (SSSR count). The van der Waals surface area contributed by atoms with Gasteiger partial charge in [-0.3, -0.25) is 14.6 Å². The Balaban J connectivity index is 1.11. The lowest BCUT2D eigenvalue weighted by Crippen LogP contribution is -2.52. The maximum Gasteiger partial charge on any atom is 0.293 e. The number of methoxy groups -OCH3 is 1. The summed E-state index contributed by atoms with van der Waals surface area (Å²) >= 11 is 5.96. The van der Waals surface area contributed by atoms with Crippen LogP contribution in [0.3, 0.4) is 0 Å². The first-order valence-electron chi connectivity index (χ1n) is 12.8. The number of ether oxygens (including phenoxy) is 4. The topological polar surface area (TPSA) is 63.7 Å². The largest absolute Gasteiger partial charge is 0.497 e. The maximum atomic E-state index is 13.8. The molecule has 0 aromatic heterocycles. The molecule has 3 heterocycles. The fourth-order valence-electron chi connectivity index (χ4n) is 5.24. The molecule has 0 unspecified atom stereocenters. The second-order valence-corrected chi connectivity index (χ2v) is 10.1. The molecule has 2 atom stereocenters. The van der Waals surface area contributed by atoms with Crippen LogP contribution in [0.25, 0.3) is 0 Å². The van der Waals surface area contributed by atoms with E-state index in [0.29, 0.717) is 17.4 Å². The van der Waals surface area contributed by atoms with Gasteiger partial charge in [-0.2, -0.15) is 0 Å². The van der Waals surface area contributed by atoms with Gasteiger partial charge in [-0.15, -0.1) is 0 Å². The lowest BCUT2D eigenvalue weighted by Gasteiger charge is -2.38. The number of halogens is 1. The quantitative estimate of drug-likeness (QED) is 0.451. The number of nitrogens with zero attached hydrogens (tertiary/aromatic N) is 3.